The van der Waals surface area contributed by atoms with Crippen molar-refractivity contribution in [1.82, 2.24) is 10.1 Å². The molecule has 0 fully saturated rings. The van der Waals surface area contributed by atoms with Crippen LogP contribution in [-0.4, -0.2) is 10.1 Å². The molecule has 62 valence electrons. The van der Waals surface area contributed by atoms with Gasteiger partial charge in [-0.2, -0.15) is 0 Å². The van der Waals surface area contributed by atoms with Crippen molar-refractivity contribution in [3.05, 3.63) is 23.7 Å². The fraction of sp³-hybridized carbons (Fsp3) is 0.333. The van der Waals surface area contributed by atoms with E-state index in [2.05, 4.69) is 17.1 Å². The molecule has 0 saturated heterocycles. The SMILES string of the molecule is CCc1nccc2c(C)noc12. The van der Waals surface area contributed by atoms with Gasteiger partial charge in [0, 0.05) is 11.6 Å². The Balaban J connectivity index is 2.81. The summed E-state index contributed by atoms with van der Waals surface area (Å²) in [6.07, 6.45) is 2.68. The molecule has 0 atom stereocenters. The van der Waals surface area contributed by atoms with Crippen molar-refractivity contribution in [3.8, 4) is 0 Å². The molecule has 3 heteroatoms. The van der Waals surface area contributed by atoms with E-state index >= 15 is 0 Å². The highest BCUT2D eigenvalue weighted by Crippen LogP contribution is 2.19. The largest absolute Gasteiger partial charge is 0.354 e. The second-order valence-corrected chi connectivity index (χ2v) is 2.76. The van der Waals surface area contributed by atoms with Gasteiger partial charge in [-0.25, -0.2) is 0 Å². The van der Waals surface area contributed by atoms with E-state index in [1.165, 1.54) is 0 Å². The van der Waals surface area contributed by atoms with E-state index in [1.807, 2.05) is 13.0 Å². The number of nitrogens with zero attached hydrogens (tertiary/aromatic N) is 2. The predicted molar refractivity (Wildman–Crippen MR) is 45.9 cm³/mol. The molecule has 2 heterocycles. The molecule has 0 N–H and O–H groups in total. The van der Waals surface area contributed by atoms with Crippen molar-refractivity contribution < 1.29 is 4.52 Å². The van der Waals surface area contributed by atoms with E-state index in [-0.39, 0.29) is 0 Å². The van der Waals surface area contributed by atoms with Crippen molar-refractivity contribution in [2.45, 2.75) is 20.3 Å². The number of rotatable bonds is 1. The first-order chi connectivity index (χ1) is 5.83. The Hall–Kier alpha value is -1.38. The summed E-state index contributed by atoms with van der Waals surface area (Å²) in [5.74, 6) is 0. The van der Waals surface area contributed by atoms with Crippen LogP contribution < -0.4 is 0 Å². The lowest BCUT2D eigenvalue weighted by Crippen LogP contribution is -1.85. The molecule has 2 rings (SSSR count). The minimum atomic E-state index is 0.831. The van der Waals surface area contributed by atoms with Crippen LogP contribution in [0.2, 0.25) is 0 Å². The van der Waals surface area contributed by atoms with E-state index in [9.17, 15) is 0 Å². The smallest absolute Gasteiger partial charge is 0.188 e. The predicted octanol–water partition coefficient (Wildman–Crippen LogP) is 2.09. The maximum atomic E-state index is 5.16. The Morgan fingerprint density at radius 2 is 2.33 bits per heavy atom. The fourth-order valence-electron chi connectivity index (χ4n) is 1.29. The van der Waals surface area contributed by atoms with Crippen LogP contribution in [0.3, 0.4) is 0 Å². The van der Waals surface area contributed by atoms with Gasteiger partial charge in [0.25, 0.3) is 0 Å². The van der Waals surface area contributed by atoms with Crippen molar-refractivity contribution in [2.24, 2.45) is 0 Å². The standard InChI is InChI=1S/C9H10N2O/c1-3-8-9-7(4-5-10-8)6(2)11-12-9/h4-5H,3H2,1-2H3. The van der Waals surface area contributed by atoms with E-state index < -0.39 is 0 Å². The highest BCUT2D eigenvalue weighted by atomic mass is 16.5. The van der Waals surface area contributed by atoms with Crippen LogP contribution in [0.15, 0.2) is 16.8 Å². The molecule has 0 aliphatic heterocycles. The average molecular weight is 162 g/mol. The minimum Gasteiger partial charge on any atom is -0.354 e. The summed E-state index contributed by atoms with van der Waals surface area (Å²) >= 11 is 0. The molecule has 0 spiro atoms. The lowest BCUT2D eigenvalue weighted by atomic mass is 10.2. The molecule has 0 aromatic carbocycles. The third-order valence-corrected chi connectivity index (χ3v) is 1.98. The van der Waals surface area contributed by atoms with Crippen molar-refractivity contribution in [3.63, 3.8) is 0 Å². The van der Waals surface area contributed by atoms with Gasteiger partial charge in [0.2, 0.25) is 0 Å². The van der Waals surface area contributed by atoms with Crippen LogP contribution in [-0.2, 0) is 6.42 Å². The highest BCUT2D eigenvalue weighted by Gasteiger charge is 2.07. The number of hydrogen-bond donors (Lipinski definition) is 0. The molecule has 0 aliphatic rings. The molecular formula is C9H10N2O. The first-order valence-electron chi connectivity index (χ1n) is 4.02. The highest BCUT2D eigenvalue weighted by molar-refractivity contribution is 5.80. The minimum absolute atomic E-state index is 0.831. The van der Waals surface area contributed by atoms with Crippen LogP contribution in [0, 0.1) is 6.92 Å². The monoisotopic (exact) mass is 162 g/mol. The summed E-state index contributed by atoms with van der Waals surface area (Å²) in [6, 6.07) is 1.93. The van der Waals surface area contributed by atoms with Gasteiger partial charge in [-0.1, -0.05) is 12.1 Å². The molecule has 12 heavy (non-hydrogen) atoms. The maximum absolute atomic E-state index is 5.16. The Bertz CT molecular complexity index is 406. The van der Waals surface area contributed by atoms with Crippen LogP contribution in [0.5, 0.6) is 0 Å². The normalized spacial score (nSPS) is 10.8. The molecule has 2 aromatic heterocycles. The summed E-state index contributed by atoms with van der Waals surface area (Å²) < 4.78 is 5.16. The topological polar surface area (TPSA) is 38.9 Å². The second-order valence-electron chi connectivity index (χ2n) is 2.76. The van der Waals surface area contributed by atoms with Gasteiger partial charge < -0.3 is 4.52 Å². The summed E-state index contributed by atoms with van der Waals surface area (Å²) in [6.45, 7) is 3.99. The first-order valence-corrected chi connectivity index (χ1v) is 4.02. The third-order valence-electron chi connectivity index (χ3n) is 1.98. The van der Waals surface area contributed by atoms with Crippen LogP contribution >= 0.6 is 0 Å². The van der Waals surface area contributed by atoms with Crippen molar-refractivity contribution in [2.75, 3.05) is 0 Å². The summed E-state index contributed by atoms with van der Waals surface area (Å²) in [7, 11) is 0. The number of hydrogen-bond acceptors (Lipinski definition) is 3. The molecule has 0 radical (unpaired) electrons. The summed E-state index contributed by atoms with van der Waals surface area (Å²) in [5, 5.41) is 4.96. The second kappa shape index (κ2) is 2.59. The van der Waals surface area contributed by atoms with Gasteiger partial charge in [0.1, 0.15) is 0 Å². The third kappa shape index (κ3) is 0.897. The zero-order valence-corrected chi connectivity index (χ0v) is 7.16. The first kappa shape index (κ1) is 7.28. The number of pyridine rings is 1. The Labute approximate surface area is 70.4 Å². The average Bonchev–Trinajstić information content (AvgIpc) is 2.48. The molecule has 0 saturated carbocycles. The zero-order chi connectivity index (χ0) is 8.55. The van der Waals surface area contributed by atoms with Gasteiger partial charge >= 0.3 is 0 Å². The zero-order valence-electron chi connectivity index (χ0n) is 7.16. The molecular weight excluding hydrogens is 152 g/mol. The molecule has 0 aliphatic carbocycles. The molecule has 0 bridgehead atoms. The number of aromatic nitrogens is 2. The Morgan fingerprint density at radius 3 is 3.08 bits per heavy atom. The van der Waals surface area contributed by atoms with E-state index in [0.717, 1.165) is 28.8 Å². The Morgan fingerprint density at radius 1 is 1.50 bits per heavy atom. The number of aryl methyl sites for hydroxylation is 2. The molecule has 3 nitrogen and oxygen atoms in total. The lowest BCUT2D eigenvalue weighted by molar-refractivity contribution is 0.447. The van der Waals surface area contributed by atoms with Crippen LogP contribution in [0.4, 0.5) is 0 Å². The summed E-state index contributed by atoms with van der Waals surface area (Å²) in [5.41, 5.74) is 2.74. The van der Waals surface area contributed by atoms with Gasteiger partial charge in [0.05, 0.1) is 11.4 Å². The fourth-order valence-corrected chi connectivity index (χ4v) is 1.29. The molecule has 0 amide bonds. The lowest BCUT2D eigenvalue weighted by Gasteiger charge is -1.93. The van der Waals surface area contributed by atoms with Gasteiger partial charge in [-0.15, -0.1) is 0 Å². The molecule has 0 unspecified atom stereocenters. The van der Waals surface area contributed by atoms with Crippen molar-refractivity contribution in [1.29, 1.82) is 0 Å². The molecule has 2 aromatic rings. The quantitative estimate of drug-likeness (QED) is 0.644. The van der Waals surface area contributed by atoms with Crippen molar-refractivity contribution >= 4 is 11.0 Å². The van der Waals surface area contributed by atoms with Gasteiger partial charge in [0.15, 0.2) is 5.58 Å². The summed E-state index contributed by atoms with van der Waals surface area (Å²) in [4.78, 5) is 4.20. The van der Waals surface area contributed by atoms with E-state index in [0.29, 0.717) is 0 Å². The van der Waals surface area contributed by atoms with E-state index in [4.69, 9.17) is 4.52 Å². The number of fused-ring (bicyclic) bond motifs is 1. The van der Waals surface area contributed by atoms with Gasteiger partial charge in [-0.05, 0) is 19.4 Å². The maximum Gasteiger partial charge on any atom is 0.188 e. The van der Waals surface area contributed by atoms with Gasteiger partial charge in [-0.3, -0.25) is 4.98 Å². The van der Waals surface area contributed by atoms with Crippen LogP contribution in [0.25, 0.3) is 11.0 Å². The van der Waals surface area contributed by atoms with E-state index in [1.54, 1.807) is 6.20 Å². The Kier molecular flexibility index (Phi) is 1.57. The van der Waals surface area contributed by atoms with Crippen LogP contribution in [0.1, 0.15) is 18.3 Å².